The topological polar surface area (TPSA) is 0 Å². The van der Waals surface area contributed by atoms with Gasteiger partial charge in [0.1, 0.15) is 0 Å². The first-order chi connectivity index (χ1) is 6.95. The molecule has 0 unspecified atom stereocenters. The minimum atomic E-state index is 0.892. The van der Waals surface area contributed by atoms with Gasteiger partial charge in [0.25, 0.3) is 0 Å². The predicted molar refractivity (Wildman–Crippen MR) is 59.2 cm³/mol. The molecular formula is C14H18. The summed E-state index contributed by atoms with van der Waals surface area (Å²) in [6.45, 7) is 0. The normalized spacial score (nSPS) is 35.9. The molecule has 2 fully saturated rings. The Labute approximate surface area is 86.3 Å². The van der Waals surface area contributed by atoms with Crippen LogP contribution in [0, 0.1) is 11.8 Å². The van der Waals surface area contributed by atoms with Gasteiger partial charge in [0.05, 0.1) is 0 Å². The molecule has 0 nitrogen and oxygen atoms in total. The van der Waals surface area contributed by atoms with Crippen LogP contribution in [0.2, 0.25) is 0 Å². The third-order valence-electron chi connectivity index (χ3n) is 4.31. The molecular weight excluding hydrogens is 168 g/mol. The summed E-state index contributed by atoms with van der Waals surface area (Å²) in [4.78, 5) is 0. The fraction of sp³-hybridized carbons (Fsp3) is 0.571. The number of hydrogen-bond donors (Lipinski definition) is 0. The summed E-state index contributed by atoms with van der Waals surface area (Å²) in [5.74, 6) is 3.00. The zero-order valence-corrected chi connectivity index (χ0v) is 8.65. The lowest BCUT2D eigenvalue weighted by atomic mass is 9.59. The van der Waals surface area contributed by atoms with Crippen molar-refractivity contribution in [3.63, 3.8) is 0 Å². The smallest absolute Gasteiger partial charge is 0.0131 e. The lowest BCUT2D eigenvalue weighted by Crippen LogP contribution is -2.34. The van der Waals surface area contributed by atoms with E-state index >= 15 is 0 Å². The Bertz CT molecular complexity index is 301. The highest BCUT2D eigenvalue weighted by atomic mass is 14.4. The van der Waals surface area contributed by atoms with E-state index in [1.54, 1.807) is 5.56 Å². The maximum Gasteiger partial charge on any atom is -0.0131 e. The van der Waals surface area contributed by atoms with Crippen molar-refractivity contribution >= 4 is 0 Å². The maximum absolute atomic E-state index is 2.32. The van der Waals surface area contributed by atoms with Crippen LogP contribution in [0.15, 0.2) is 30.3 Å². The molecule has 3 atom stereocenters. The second-order valence-electron chi connectivity index (χ2n) is 4.95. The van der Waals surface area contributed by atoms with E-state index < -0.39 is 0 Å². The average Bonchev–Trinajstić information content (AvgIpc) is 2.21. The summed E-state index contributed by atoms with van der Waals surface area (Å²) in [6.07, 6.45) is 7.40. The van der Waals surface area contributed by atoms with Crippen LogP contribution in [0.5, 0.6) is 0 Å². The molecule has 0 aromatic heterocycles. The summed E-state index contributed by atoms with van der Waals surface area (Å²) < 4.78 is 0. The quantitative estimate of drug-likeness (QED) is 0.622. The van der Waals surface area contributed by atoms with Gasteiger partial charge >= 0.3 is 0 Å². The molecule has 1 aromatic rings. The summed E-state index contributed by atoms with van der Waals surface area (Å²) in [5, 5.41) is 0. The molecule has 1 aromatic carbocycles. The first-order valence-corrected chi connectivity index (χ1v) is 6.00. The van der Waals surface area contributed by atoms with Crippen LogP contribution in [0.25, 0.3) is 0 Å². The molecule has 0 heterocycles. The van der Waals surface area contributed by atoms with Crippen molar-refractivity contribution in [2.45, 2.75) is 38.0 Å². The average molecular weight is 186 g/mol. The standard InChI is InChI=1S/C14H18/c1-2-5-11(6-3-1)13-8-4-7-12-9-10-14(12)13/h1-3,5-6,12-14H,4,7-10H2/t12-,13-,14+/m1/s1. The fourth-order valence-electron chi connectivity index (χ4n) is 3.41. The second kappa shape index (κ2) is 3.42. The highest BCUT2D eigenvalue weighted by Crippen LogP contribution is 2.51. The largest absolute Gasteiger partial charge is 0.0622 e. The van der Waals surface area contributed by atoms with Crippen LogP contribution in [0.1, 0.15) is 43.6 Å². The molecule has 0 heteroatoms. The summed E-state index contributed by atoms with van der Waals surface area (Å²) in [5.41, 5.74) is 1.60. The van der Waals surface area contributed by atoms with Crippen LogP contribution >= 0.6 is 0 Å². The molecule has 0 bridgehead atoms. The van der Waals surface area contributed by atoms with Gasteiger partial charge in [-0.05, 0) is 42.6 Å². The van der Waals surface area contributed by atoms with Gasteiger partial charge in [-0.3, -0.25) is 0 Å². The molecule has 0 amide bonds. The van der Waals surface area contributed by atoms with Crippen molar-refractivity contribution in [3.8, 4) is 0 Å². The summed E-state index contributed by atoms with van der Waals surface area (Å²) in [7, 11) is 0. The third-order valence-corrected chi connectivity index (χ3v) is 4.31. The van der Waals surface area contributed by atoms with Gasteiger partial charge < -0.3 is 0 Å². The van der Waals surface area contributed by atoms with Crippen LogP contribution in [-0.4, -0.2) is 0 Å². The first kappa shape index (κ1) is 8.52. The van der Waals surface area contributed by atoms with Crippen molar-refractivity contribution in [2.24, 2.45) is 11.8 Å². The van der Waals surface area contributed by atoms with Gasteiger partial charge in [-0.25, -0.2) is 0 Å². The lowest BCUT2D eigenvalue weighted by molar-refractivity contribution is 0.0901. The van der Waals surface area contributed by atoms with Crippen molar-refractivity contribution in [2.75, 3.05) is 0 Å². The zero-order valence-electron chi connectivity index (χ0n) is 8.65. The van der Waals surface area contributed by atoms with E-state index in [4.69, 9.17) is 0 Å². The molecule has 0 saturated heterocycles. The maximum atomic E-state index is 2.32. The molecule has 0 radical (unpaired) electrons. The van der Waals surface area contributed by atoms with E-state index in [1.165, 1.54) is 32.1 Å². The predicted octanol–water partition coefficient (Wildman–Crippen LogP) is 3.98. The number of hydrogen-bond acceptors (Lipinski definition) is 0. The highest BCUT2D eigenvalue weighted by molar-refractivity contribution is 5.22. The fourth-order valence-corrected chi connectivity index (χ4v) is 3.41. The Morgan fingerprint density at radius 3 is 2.43 bits per heavy atom. The molecule has 14 heavy (non-hydrogen) atoms. The van der Waals surface area contributed by atoms with Gasteiger partial charge in [0.2, 0.25) is 0 Å². The monoisotopic (exact) mass is 186 g/mol. The van der Waals surface area contributed by atoms with Gasteiger partial charge in [-0.15, -0.1) is 0 Å². The van der Waals surface area contributed by atoms with Crippen LogP contribution in [0.4, 0.5) is 0 Å². The second-order valence-corrected chi connectivity index (χ2v) is 4.95. The SMILES string of the molecule is c1ccc([C@H]2CCC[C@@H]3CC[C@@H]32)cc1. The molecule has 2 aliphatic carbocycles. The molecule has 0 N–H and O–H groups in total. The molecule has 74 valence electrons. The van der Waals surface area contributed by atoms with E-state index in [0.29, 0.717) is 0 Å². The van der Waals surface area contributed by atoms with Gasteiger partial charge in [0.15, 0.2) is 0 Å². The van der Waals surface area contributed by atoms with Crippen LogP contribution in [0.3, 0.4) is 0 Å². The van der Waals surface area contributed by atoms with Crippen molar-refractivity contribution in [1.29, 1.82) is 0 Å². The van der Waals surface area contributed by atoms with E-state index in [9.17, 15) is 0 Å². The Morgan fingerprint density at radius 1 is 0.857 bits per heavy atom. The van der Waals surface area contributed by atoms with Gasteiger partial charge in [-0.1, -0.05) is 43.2 Å². The Kier molecular flexibility index (Phi) is 2.08. The molecule has 0 spiro atoms. The zero-order chi connectivity index (χ0) is 9.38. The molecule has 0 aliphatic heterocycles. The Morgan fingerprint density at radius 2 is 1.71 bits per heavy atom. The molecule has 3 rings (SSSR count). The lowest BCUT2D eigenvalue weighted by Gasteiger charge is -2.46. The number of rotatable bonds is 1. The van der Waals surface area contributed by atoms with Crippen LogP contribution < -0.4 is 0 Å². The van der Waals surface area contributed by atoms with E-state index in [-0.39, 0.29) is 0 Å². The van der Waals surface area contributed by atoms with Gasteiger partial charge in [-0.2, -0.15) is 0 Å². The summed E-state index contributed by atoms with van der Waals surface area (Å²) in [6, 6.07) is 11.2. The number of fused-ring (bicyclic) bond motifs is 1. The minimum absolute atomic E-state index is 0.892. The van der Waals surface area contributed by atoms with Crippen LogP contribution in [-0.2, 0) is 0 Å². The van der Waals surface area contributed by atoms with E-state index in [0.717, 1.165) is 17.8 Å². The molecule has 2 saturated carbocycles. The van der Waals surface area contributed by atoms with Gasteiger partial charge in [0, 0.05) is 0 Å². The molecule has 2 aliphatic rings. The third kappa shape index (κ3) is 1.28. The van der Waals surface area contributed by atoms with Crippen molar-refractivity contribution in [3.05, 3.63) is 35.9 Å². The Balaban J connectivity index is 1.84. The van der Waals surface area contributed by atoms with Crippen molar-refractivity contribution in [1.82, 2.24) is 0 Å². The minimum Gasteiger partial charge on any atom is -0.0622 e. The Hall–Kier alpha value is -0.780. The van der Waals surface area contributed by atoms with E-state index in [2.05, 4.69) is 30.3 Å². The number of benzene rings is 1. The summed E-state index contributed by atoms with van der Waals surface area (Å²) >= 11 is 0. The van der Waals surface area contributed by atoms with Crippen molar-refractivity contribution < 1.29 is 0 Å². The first-order valence-electron chi connectivity index (χ1n) is 6.00. The van der Waals surface area contributed by atoms with E-state index in [1.807, 2.05) is 0 Å². The highest BCUT2D eigenvalue weighted by Gasteiger charge is 2.39.